The van der Waals surface area contributed by atoms with E-state index in [1.54, 1.807) is 30.3 Å². The van der Waals surface area contributed by atoms with E-state index in [9.17, 15) is 4.79 Å². The number of hydrogen-bond acceptors (Lipinski definition) is 3. The number of para-hydroxylation sites is 1. The van der Waals surface area contributed by atoms with E-state index in [1.807, 2.05) is 0 Å². The quantitative estimate of drug-likeness (QED) is 0.471. The minimum absolute atomic E-state index is 0.327. The van der Waals surface area contributed by atoms with Gasteiger partial charge in [0.2, 0.25) is 0 Å². The van der Waals surface area contributed by atoms with E-state index >= 15 is 0 Å². The number of allylic oxidation sites excluding steroid dienone is 1. The molecule has 0 aliphatic heterocycles. The number of nitriles is 1. The molecule has 0 radical (unpaired) electrons. The maximum atomic E-state index is 11.5. The first-order valence-electron chi connectivity index (χ1n) is 4.42. The van der Waals surface area contributed by atoms with Crippen LogP contribution in [0.4, 0.5) is 5.69 Å². The Balaban J connectivity index is 2.93. The van der Waals surface area contributed by atoms with E-state index in [0.717, 1.165) is 0 Å². The molecular formula is C11H9ClN2O2. The summed E-state index contributed by atoms with van der Waals surface area (Å²) < 4.78 is 0. The van der Waals surface area contributed by atoms with Gasteiger partial charge in [0.1, 0.15) is 11.8 Å². The largest absolute Gasteiger partial charge is 0.511 e. The summed E-state index contributed by atoms with van der Waals surface area (Å²) in [6.07, 6.45) is 0. The zero-order valence-corrected chi connectivity index (χ0v) is 9.25. The maximum Gasteiger partial charge on any atom is 0.269 e. The Bertz CT molecular complexity index is 485. The molecule has 5 heteroatoms. The second-order valence-corrected chi connectivity index (χ2v) is 3.41. The molecule has 1 amide bonds. The molecule has 0 bridgehead atoms. The van der Waals surface area contributed by atoms with Gasteiger partial charge in [0.25, 0.3) is 5.91 Å². The summed E-state index contributed by atoms with van der Waals surface area (Å²) in [7, 11) is 0. The monoisotopic (exact) mass is 236 g/mol. The topological polar surface area (TPSA) is 73.1 Å². The first-order chi connectivity index (χ1) is 7.56. The van der Waals surface area contributed by atoms with Crippen molar-refractivity contribution in [3.63, 3.8) is 0 Å². The van der Waals surface area contributed by atoms with Crippen LogP contribution in [0.15, 0.2) is 35.6 Å². The lowest BCUT2D eigenvalue weighted by Crippen LogP contribution is -2.15. The van der Waals surface area contributed by atoms with Gasteiger partial charge < -0.3 is 10.4 Å². The molecule has 0 atom stereocenters. The smallest absolute Gasteiger partial charge is 0.269 e. The molecule has 82 valence electrons. The number of aliphatic hydroxyl groups excluding tert-OH is 1. The van der Waals surface area contributed by atoms with Crippen LogP contribution in [-0.2, 0) is 4.79 Å². The number of nitrogens with zero attached hydrogens (tertiary/aromatic N) is 1. The number of carbonyl (C=O) groups is 1. The molecule has 0 fully saturated rings. The lowest BCUT2D eigenvalue weighted by Gasteiger charge is -2.06. The van der Waals surface area contributed by atoms with Crippen LogP contribution < -0.4 is 5.32 Å². The molecule has 1 aromatic carbocycles. The van der Waals surface area contributed by atoms with Gasteiger partial charge in [-0.15, -0.1) is 0 Å². The Morgan fingerprint density at radius 3 is 2.62 bits per heavy atom. The highest BCUT2D eigenvalue weighted by Gasteiger charge is 2.13. The lowest BCUT2D eigenvalue weighted by atomic mass is 10.2. The van der Waals surface area contributed by atoms with Gasteiger partial charge in [-0.2, -0.15) is 5.26 Å². The van der Waals surface area contributed by atoms with Crippen LogP contribution in [0.5, 0.6) is 0 Å². The van der Waals surface area contributed by atoms with Gasteiger partial charge in [-0.05, 0) is 19.1 Å². The Morgan fingerprint density at radius 1 is 1.50 bits per heavy atom. The molecule has 0 saturated carbocycles. The van der Waals surface area contributed by atoms with Gasteiger partial charge >= 0.3 is 0 Å². The molecule has 0 unspecified atom stereocenters. The standard InChI is InChI=1S/C11H9ClN2O2/c1-7(15)8(6-13)11(16)14-10-5-3-2-4-9(10)12/h2-5,15H,1H3,(H,14,16)/b8-7-. The van der Waals surface area contributed by atoms with Gasteiger partial charge in [0.05, 0.1) is 10.7 Å². The molecule has 1 aromatic rings. The van der Waals surface area contributed by atoms with Gasteiger partial charge in [0, 0.05) is 0 Å². The van der Waals surface area contributed by atoms with Crippen LogP contribution >= 0.6 is 11.6 Å². The average Bonchev–Trinajstić information content (AvgIpc) is 2.22. The Morgan fingerprint density at radius 2 is 2.12 bits per heavy atom. The summed E-state index contributed by atoms with van der Waals surface area (Å²) in [5.74, 6) is -1.01. The van der Waals surface area contributed by atoms with Gasteiger partial charge in [-0.1, -0.05) is 23.7 Å². The fraction of sp³-hybridized carbons (Fsp3) is 0.0909. The van der Waals surface area contributed by atoms with E-state index in [0.29, 0.717) is 10.7 Å². The Labute approximate surface area is 97.8 Å². The summed E-state index contributed by atoms with van der Waals surface area (Å²) >= 11 is 5.82. The number of nitrogens with one attached hydrogen (secondary N) is 1. The summed E-state index contributed by atoms with van der Waals surface area (Å²) in [6, 6.07) is 8.24. The van der Waals surface area contributed by atoms with Crippen molar-refractivity contribution in [2.75, 3.05) is 5.32 Å². The van der Waals surface area contributed by atoms with Crippen LogP contribution in [-0.4, -0.2) is 11.0 Å². The third-order valence-corrected chi connectivity index (χ3v) is 2.15. The molecule has 4 nitrogen and oxygen atoms in total. The van der Waals surface area contributed by atoms with E-state index in [1.165, 1.54) is 6.92 Å². The molecule has 0 aromatic heterocycles. The van der Waals surface area contributed by atoms with Crippen molar-refractivity contribution in [2.45, 2.75) is 6.92 Å². The normalized spacial score (nSPS) is 11.3. The third kappa shape index (κ3) is 2.75. The van der Waals surface area contributed by atoms with E-state index in [2.05, 4.69) is 5.32 Å². The molecule has 0 aliphatic carbocycles. The summed E-state index contributed by atoms with van der Waals surface area (Å²) in [5.41, 5.74) is 0.0584. The fourth-order valence-electron chi connectivity index (χ4n) is 1.04. The van der Waals surface area contributed by atoms with Crippen molar-refractivity contribution in [1.29, 1.82) is 5.26 Å². The van der Waals surface area contributed by atoms with Crippen molar-refractivity contribution in [3.05, 3.63) is 40.6 Å². The molecule has 0 saturated heterocycles. The van der Waals surface area contributed by atoms with Crippen molar-refractivity contribution in [1.82, 2.24) is 0 Å². The molecule has 2 N–H and O–H groups in total. The number of halogens is 1. The van der Waals surface area contributed by atoms with Gasteiger partial charge in [0.15, 0.2) is 5.57 Å². The van der Waals surface area contributed by atoms with Gasteiger partial charge in [-0.3, -0.25) is 4.79 Å². The first kappa shape index (κ1) is 12.1. The van der Waals surface area contributed by atoms with Crippen molar-refractivity contribution >= 4 is 23.2 Å². The summed E-state index contributed by atoms with van der Waals surface area (Å²) in [4.78, 5) is 11.5. The van der Waals surface area contributed by atoms with Crippen LogP contribution in [0.25, 0.3) is 0 Å². The number of carbonyl (C=O) groups excluding carboxylic acids is 1. The summed E-state index contributed by atoms with van der Waals surface area (Å²) in [5, 5.41) is 20.5. The van der Waals surface area contributed by atoms with Crippen LogP contribution in [0, 0.1) is 11.3 Å². The summed E-state index contributed by atoms with van der Waals surface area (Å²) in [6.45, 7) is 1.27. The molecular weight excluding hydrogens is 228 g/mol. The molecule has 0 heterocycles. The zero-order valence-electron chi connectivity index (χ0n) is 8.49. The first-order valence-corrected chi connectivity index (χ1v) is 4.80. The second kappa shape index (κ2) is 5.19. The SMILES string of the molecule is C/C(O)=C(\C#N)C(=O)Nc1ccccc1Cl. The predicted molar refractivity (Wildman–Crippen MR) is 61.0 cm³/mol. The minimum Gasteiger partial charge on any atom is -0.511 e. The lowest BCUT2D eigenvalue weighted by molar-refractivity contribution is -0.112. The highest BCUT2D eigenvalue weighted by atomic mass is 35.5. The molecule has 0 aliphatic rings. The molecule has 0 spiro atoms. The fourth-order valence-corrected chi connectivity index (χ4v) is 1.23. The number of rotatable bonds is 2. The predicted octanol–water partition coefficient (Wildman–Crippen LogP) is 2.63. The number of aliphatic hydroxyl groups is 1. The third-order valence-electron chi connectivity index (χ3n) is 1.82. The Kier molecular flexibility index (Phi) is 3.92. The number of benzene rings is 1. The number of amides is 1. The van der Waals surface area contributed by atoms with Crippen LogP contribution in [0.2, 0.25) is 5.02 Å². The molecule has 1 rings (SSSR count). The average molecular weight is 237 g/mol. The van der Waals surface area contributed by atoms with Crippen LogP contribution in [0.1, 0.15) is 6.92 Å². The van der Waals surface area contributed by atoms with Gasteiger partial charge in [-0.25, -0.2) is 0 Å². The van der Waals surface area contributed by atoms with Crippen LogP contribution in [0.3, 0.4) is 0 Å². The molecule has 16 heavy (non-hydrogen) atoms. The van der Waals surface area contributed by atoms with Crippen molar-refractivity contribution in [3.8, 4) is 6.07 Å². The number of anilines is 1. The zero-order chi connectivity index (χ0) is 12.1. The van der Waals surface area contributed by atoms with E-state index in [4.69, 9.17) is 22.0 Å². The Hall–Kier alpha value is -1.99. The van der Waals surface area contributed by atoms with Crippen molar-refractivity contribution < 1.29 is 9.90 Å². The second-order valence-electron chi connectivity index (χ2n) is 3.01. The van der Waals surface area contributed by atoms with E-state index < -0.39 is 5.91 Å². The van der Waals surface area contributed by atoms with E-state index in [-0.39, 0.29) is 11.3 Å². The highest BCUT2D eigenvalue weighted by molar-refractivity contribution is 6.33. The number of hydrogen-bond donors (Lipinski definition) is 2. The maximum absolute atomic E-state index is 11.5. The van der Waals surface area contributed by atoms with Crippen molar-refractivity contribution in [2.24, 2.45) is 0 Å². The highest BCUT2D eigenvalue weighted by Crippen LogP contribution is 2.21. The minimum atomic E-state index is -0.685.